The predicted molar refractivity (Wildman–Crippen MR) is 125 cm³/mol. The van der Waals surface area contributed by atoms with Gasteiger partial charge in [-0.05, 0) is 55.0 Å². The molecule has 3 aromatic carbocycles. The fourth-order valence-corrected chi connectivity index (χ4v) is 4.20. The predicted octanol–water partition coefficient (Wildman–Crippen LogP) is 5.59. The smallest absolute Gasteiger partial charge is 0.251 e. The lowest BCUT2D eigenvalue weighted by atomic mass is 10.2. The summed E-state index contributed by atoms with van der Waals surface area (Å²) in [6, 6.07) is 21.2. The Bertz CT molecular complexity index is 1230. The first-order chi connectivity index (χ1) is 15.5. The maximum Gasteiger partial charge on any atom is 0.251 e. The number of carbonyl (C=O) groups excluding carboxylic acids is 1. The lowest BCUT2D eigenvalue weighted by Crippen LogP contribution is -2.24. The number of thioether (sulfide) groups is 1. The second-order valence-corrected chi connectivity index (χ2v) is 8.56. The Morgan fingerprint density at radius 1 is 1.06 bits per heavy atom. The Kier molecular flexibility index (Phi) is 6.87. The van der Waals surface area contributed by atoms with Crippen molar-refractivity contribution >= 4 is 29.3 Å². The highest BCUT2D eigenvalue weighted by atomic mass is 35.5. The van der Waals surface area contributed by atoms with Crippen molar-refractivity contribution in [3.63, 3.8) is 0 Å². The van der Waals surface area contributed by atoms with Gasteiger partial charge in [0.05, 0.1) is 6.54 Å². The van der Waals surface area contributed by atoms with E-state index in [2.05, 4.69) is 15.5 Å². The number of amides is 1. The van der Waals surface area contributed by atoms with Crippen molar-refractivity contribution in [1.29, 1.82) is 0 Å². The van der Waals surface area contributed by atoms with E-state index < -0.39 is 0 Å². The number of aromatic nitrogens is 3. The van der Waals surface area contributed by atoms with E-state index in [1.54, 1.807) is 36.4 Å². The van der Waals surface area contributed by atoms with Crippen LogP contribution in [0, 0.1) is 12.7 Å². The second kappa shape index (κ2) is 9.97. The van der Waals surface area contributed by atoms with Crippen LogP contribution in [0.2, 0.25) is 5.02 Å². The van der Waals surface area contributed by atoms with Gasteiger partial charge < -0.3 is 5.32 Å². The third-order valence-electron chi connectivity index (χ3n) is 4.77. The molecule has 0 aliphatic rings. The summed E-state index contributed by atoms with van der Waals surface area (Å²) in [5, 5.41) is 12.7. The quantitative estimate of drug-likeness (QED) is 0.361. The summed E-state index contributed by atoms with van der Waals surface area (Å²) < 4.78 is 15.1. The average Bonchev–Trinajstić information content (AvgIpc) is 3.20. The summed E-state index contributed by atoms with van der Waals surface area (Å²) in [6.07, 6.45) is 0. The van der Waals surface area contributed by atoms with Gasteiger partial charge in [-0.1, -0.05) is 59.3 Å². The molecule has 4 aromatic rings. The molecular formula is C24H20ClFN4OS. The van der Waals surface area contributed by atoms with Gasteiger partial charge in [0, 0.05) is 22.0 Å². The summed E-state index contributed by atoms with van der Waals surface area (Å²) in [7, 11) is 0. The van der Waals surface area contributed by atoms with E-state index in [-0.39, 0.29) is 18.3 Å². The minimum absolute atomic E-state index is 0.198. The zero-order valence-corrected chi connectivity index (χ0v) is 18.8. The van der Waals surface area contributed by atoms with Crippen LogP contribution in [0.3, 0.4) is 0 Å². The first-order valence-electron chi connectivity index (χ1n) is 9.92. The Hall–Kier alpha value is -3.16. The molecule has 0 aliphatic carbocycles. The van der Waals surface area contributed by atoms with Gasteiger partial charge in [0.25, 0.3) is 5.91 Å². The number of carbonyl (C=O) groups is 1. The van der Waals surface area contributed by atoms with Crippen LogP contribution in [0.4, 0.5) is 4.39 Å². The fraction of sp³-hybridized carbons (Fsp3) is 0.125. The maximum absolute atomic E-state index is 13.2. The largest absolute Gasteiger partial charge is 0.345 e. The molecule has 0 unspecified atom stereocenters. The summed E-state index contributed by atoms with van der Waals surface area (Å²) >= 11 is 7.49. The summed E-state index contributed by atoms with van der Waals surface area (Å²) in [5.74, 6) is 0.704. The number of hydrogen-bond acceptors (Lipinski definition) is 4. The molecule has 1 aromatic heterocycles. The van der Waals surface area contributed by atoms with Crippen LogP contribution in [-0.2, 0) is 12.3 Å². The Morgan fingerprint density at radius 3 is 2.53 bits per heavy atom. The summed E-state index contributed by atoms with van der Waals surface area (Å²) in [4.78, 5) is 12.5. The molecule has 32 heavy (non-hydrogen) atoms. The molecule has 0 fully saturated rings. The Morgan fingerprint density at radius 2 is 1.81 bits per heavy atom. The van der Waals surface area contributed by atoms with Crippen LogP contribution in [0.5, 0.6) is 0 Å². The van der Waals surface area contributed by atoms with Gasteiger partial charge in [0.1, 0.15) is 5.82 Å². The number of hydrogen-bond donors (Lipinski definition) is 1. The molecule has 0 radical (unpaired) electrons. The van der Waals surface area contributed by atoms with Crippen molar-refractivity contribution in [2.45, 2.75) is 24.4 Å². The van der Waals surface area contributed by atoms with E-state index in [1.807, 2.05) is 35.8 Å². The number of nitrogens with one attached hydrogen (secondary N) is 1. The highest BCUT2D eigenvalue weighted by Crippen LogP contribution is 2.26. The van der Waals surface area contributed by atoms with Gasteiger partial charge in [-0.3, -0.25) is 9.36 Å². The second-order valence-electron chi connectivity index (χ2n) is 7.18. The van der Waals surface area contributed by atoms with Crippen molar-refractivity contribution in [1.82, 2.24) is 20.1 Å². The minimum Gasteiger partial charge on any atom is -0.345 e. The van der Waals surface area contributed by atoms with Crippen molar-refractivity contribution < 1.29 is 9.18 Å². The zero-order valence-electron chi connectivity index (χ0n) is 17.3. The average molecular weight is 467 g/mol. The van der Waals surface area contributed by atoms with Crippen molar-refractivity contribution in [3.8, 4) is 5.69 Å². The molecule has 4 rings (SSSR count). The molecule has 0 atom stereocenters. The molecule has 1 heterocycles. The highest BCUT2D eigenvalue weighted by Gasteiger charge is 2.16. The topological polar surface area (TPSA) is 59.8 Å². The molecule has 0 bridgehead atoms. The van der Waals surface area contributed by atoms with Gasteiger partial charge >= 0.3 is 0 Å². The summed E-state index contributed by atoms with van der Waals surface area (Å²) in [5.41, 5.74) is 3.49. The first kappa shape index (κ1) is 22.0. The lowest BCUT2D eigenvalue weighted by molar-refractivity contribution is 0.0949. The van der Waals surface area contributed by atoms with E-state index >= 15 is 0 Å². The van der Waals surface area contributed by atoms with Crippen LogP contribution >= 0.6 is 23.4 Å². The Labute approximate surface area is 194 Å². The number of benzene rings is 3. The third kappa shape index (κ3) is 5.36. The highest BCUT2D eigenvalue weighted by molar-refractivity contribution is 7.98. The number of aryl methyl sites for hydroxylation is 1. The Balaban J connectivity index is 1.56. The van der Waals surface area contributed by atoms with Gasteiger partial charge in [0.2, 0.25) is 0 Å². The van der Waals surface area contributed by atoms with Crippen molar-refractivity contribution in [3.05, 3.63) is 106 Å². The zero-order chi connectivity index (χ0) is 22.5. The number of rotatable bonds is 7. The lowest BCUT2D eigenvalue weighted by Gasteiger charge is -2.11. The minimum atomic E-state index is -0.265. The summed E-state index contributed by atoms with van der Waals surface area (Å²) in [6.45, 7) is 2.22. The van der Waals surface area contributed by atoms with Crippen LogP contribution in [0.25, 0.3) is 5.69 Å². The van der Waals surface area contributed by atoms with Crippen LogP contribution in [0.15, 0.2) is 78.0 Å². The van der Waals surface area contributed by atoms with Gasteiger partial charge in [-0.2, -0.15) is 0 Å². The molecule has 5 nitrogen and oxygen atoms in total. The number of nitrogens with zero attached hydrogens (tertiary/aromatic N) is 3. The third-order valence-corrected chi connectivity index (χ3v) is 6.00. The van der Waals surface area contributed by atoms with Crippen molar-refractivity contribution in [2.75, 3.05) is 0 Å². The van der Waals surface area contributed by atoms with E-state index in [0.29, 0.717) is 27.3 Å². The molecule has 8 heteroatoms. The molecule has 0 saturated heterocycles. The van der Waals surface area contributed by atoms with E-state index in [9.17, 15) is 9.18 Å². The van der Waals surface area contributed by atoms with E-state index in [4.69, 9.17) is 11.6 Å². The molecule has 0 spiro atoms. The standard InChI is InChI=1S/C24H20ClFN4OS/c1-16-5-11-21(12-6-16)30-22(14-27-23(31)18-3-2-4-19(25)13-18)28-29-24(30)32-15-17-7-9-20(26)10-8-17/h2-13H,14-15H2,1H3,(H,27,31). The number of halogens is 2. The normalized spacial score (nSPS) is 10.8. The van der Waals surface area contributed by atoms with E-state index in [1.165, 1.54) is 23.9 Å². The monoisotopic (exact) mass is 466 g/mol. The molecule has 0 saturated carbocycles. The van der Waals surface area contributed by atoms with E-state index in [0.717, 1.165) is 16.8 Å². The van der Waals surface area contributed by atoms with Crippen LogP contribution in [-0.4, -0.2) is 20.7 Å². The van der Waals surface area contributed by atoms with Gasteiger partial charge in [-0.25, -0.2) is 4.39 Å². The molecule has 1 amide bonds. The SMILES string of the molecule is Cc1ccc(-n2c(CNC(=O)c3cccc(Cl)c3)nnc2SCc2ccc(F)cc2)cc1. The van der Waals surface area contributed by atoms with Gasteiger partial charge in [0.15, 0.2) is 11.0 Å². The molecule has 162 valence electrons. The molecule has 0 aliphatic heterocycles. The molecular weight excluding hydrogens is 447 g/mol. The van der Waals surface area contributed by atoms with Gasteiger partial charge in [-0.15, -0.1) is 10.2 Å². The van der Waals surface area contributed by atoms with Crippen molar-refractivity contribution in [2.24, 2.45) is 0 Å². The maximum atomic E-state index is 13.2. The molecule has 1 N–H and O–H groups in total. The van der Waals surface area contributed by atoms with Crippen LogP contribution < -0.4 is 5.32 Å². The van der Waals surface area contributed by atoms with Crippen LogP contribution in [0.1, 0.15) is 27.3 Å². The fourth-order valence-electron chi connectivity index (χ4n) is 3.08. The first-order valence-corrected chi connectivity index (χ1v) is 11.3.